The molecule has 258 valence electrons. The lowest BCUT2D eigenvalue weighted by Gasteiger charge is -2.50. The predicted molar refractivity (Wildman–Crippen MR) is 169 cm³/mol. The smallest absolute Gasteiger partial charge is 0.418 e. The SMILES string of the molecule is C[n+]1cc(-c2ccc3c(c2)CC[C@@H](C(O/N=C(\C(=O)N[C@@H]2C(=O)N(OS(=O)(=O)O)C2(C)C)c2csc(N)n2)C(=O)O)O3)cn1CCCN. The molecule has 2 amide bonds. The van der Waals surface area contributed by atoms with E-state index in [1.165, 1.54) is 19.2 Å². The summed E-state index contributed by atoms with van der Waals surface area (Å²) >= 11 is 0.974. The Bertz CT molecular complexity index is 1870. The number of carboxylic acid groups (broad SMARTS) is 1. The number of ether oxygens (including phenoxy) is 1. The minimum atomic E-state index is -5.02. The number of anilines is 1. The summed E-state index contributed by atoms with van der Waals surface area (Å²) in [5.74, 6) is -2.91. The Morgan fingerprint density at radius 1 is 1.33 bits per heavy atom. The molecule has 1 unspecified atom stereocenters. The fraction of sp³-hybridized carbons (Fsp3) is 0.429. The summed E-state index contributed by atoms with van der Waals surface area (Å²) in [7, 11) is -3.07. The summed E-state index contributed by atoms with van der Waals surface area (Å²) in [6.07, 6.45) is 2.98. The number of hydroxylamine groups is 2. The van der Waals surface area contributed by atoms with Gasteiger partial charge in [0.1, 0.15) is 23.6 Å². The molecule has 2 aliphatic heterocycles. The van der Waals surface area contributed by atoms with Crippen LogP contribution in [0, 0.1) is 0 Å². The molecule has 0 spiro atoms. The number of nitrogen functional groups attached to an aromatic ring is 1. The van der Waals surface area contributed by atoms with E-state index in [-0.39, 0.29) is 17.2 Å². The van der Waals surface area contributed by atoms with Gasteiger partial charge in [0.2, 0.25) is 6.20 Å². The van der Waals surface area contributed by atoms with Crippen molar-refractivity contribution in [3.8, 4) is 16.9 Å². The van der Waals surface area contributed by atoms with Crippen molar-refractivity contribution in [3.05, 3.63) is 47.2 Å². The minimum Gasteiger partial charge on any atom is -0.485 e. The number of benzene rings is 1. The van der Waals surface area contributed by atoms with Gasteiger partial charge < -0.3 is 31.5 Å². The monoisotopic (exact) mass is 707 g/mol. The molecule has 0 saturated carbocycles. The third-order valence-electron chi connectivity index (χ3n) is 7.92. The number of amides is 2. The number of rotatable bonds is 13. The van der Waals surface area contributed by atoms with Crippen LogP contribution in [0.1, 0.15) is 37.9 Å². The van der Waals surface area contributed by atoms with Gasteiger partial charge in [-0.25, -0.2) is 9.78 Å². The molecule has 3 atom stereocenters. The third-order valence-corrected chi connectivity index (χ3v) is 8.93. The van der Waals surface area contributed by atoms with Gasteiger partial charge in [0.15, 0.2) is 17.9 Å². The summed E-state index contributed by atoms with van der Waals surface area (Å²) in [5, 5.41) is 18.1. The first-order valence-electron chi connectivity index (χ1n) is 14.6. The lowest BCUT2D eigenvalue weighted by molar-refractivity contribution is -0.753. The van der Waals surface area contributed by atoms with Gasteiger partial charge >= 0.3 is 16.4 Å². The average molecular weight is 708 g/mol. The highest BCUT2D eigenvalue weighted by Gasteiger charge is 2.58. The van der Waals surface area contributed by atoms with E-state index in [9.17, 15) is 27.9 Å². The van der Waals surface area contributed by atoms with E-state index in [0.29, 0.717) is 23.8 Å². The highest BCUT2D eigenvalue weighted by atomic mass is 32.3. The maximum atomic E-state index is 13.4. The van der Waals surface area contributed by atoms with Crippen LogP contribution >= 0.6 is 11.3 Å². The number of aliphatic carboxylic acids is 1. The number of aromatic nitrogens is 3. The number of β-lactam (4-membered cyclic amide) rings is 1. The van der Waals surface area contributed by atoms with Crippen molar-refractivity contribution in [3.63, 3.8) is 0 Å². The number of oxime groups is 1. The number of carbonyl (C=O) groups is 3. The molecule has 1 fully saturated rings. The van der Waals surface area contributed by atoms with Gasteiger partial charge in [0, 0.05) is 5.38 Å². The number of nitrogens with two attached hydrogens (primary N) is 2. The molecule has 1 saturated heterocycles. The highest BCUT2D eigenvalue weighted by molar-refractivity contribution is 7.80. The van der Waals surface area contributed by atoms with Gasteiger partial charge in [-0.15, -0.1) is 20.3 Å². The van der Waals surface area contributed by atoms with Crippen molar-refractivity contribution in [2.75, 3.05) is 12.3 Å². The molecular formula is C28H35N8O10S2+. The second kappa shape index (κ2) is 13.5. The van der Waals surface area contributed by atoms with Gasteiger partial charge in [0.05, 0.1) is 23.8 Å². The molecule has 1 aromatic carbocycles. The molecular weight excluding hydrogens is 672 g/mol. The Kier molecular flexibility index (Phi) is 9.74. The third kappa shape index (κ3) is 7.26. The number of fused-ring (bicyclic) bond motifs is 1. The number of carbonyl (C=O) groups excluding carboxylic acids is 2. The Morgan fingerprint density at radius 3 is 2.71 bits per heavy atom. The van der Waals surface area contributed by atoms with Gasteiger partial charge in [0.25, 0.3) is 17.9 Å². The Balaban J connectivity index is 1.32. The van der Waals surface area contributed by atoms with E-state index in [1.807, 2.05) is 36.3 Å². The molecule has 2 aliphatic rings. The maximum absolute atomic E-state index is 13.4. The molecule has 0 bridgehead atoms. The standard InChI is InChI=1S/C28H34N8O10S2/c1-28(2)23(25(38)36(28)46-48(41,42)43)32-24(37)21(18-14-47-27(30)31-18)33-45-22(26(39)40)20-8-6-16-11-15(5-7-19(16)44-20)17-12-34(3)35(13-17)10-4-9-29/h5,7,11-14,20,22-23H,4,6,8-10,29H2,1-3H3,(H4-,30,31,32,37,39,40,41,42,43)/p+1/b33-21-/t20-,22?,23+/m0/s1. The lowest BCUT2D eigenvalue weighted by Crippen LogP contribution is -2.76. The molecule has 20 heteroatoms. The molecule has 0 aliphatic carbocycles. The van der Waals surface area contributed by atoms with E-state index >= 15 is 0 Å². The lowest BCUT2D eigenvalue weighted by atomic mass is 9.84. The van der Waals surface area contributed by atoms with Crippen molar-refractivity contribution in [2.45, 2.75) is 63.4 Å². The molecule has 0 radical (unpaired) electrons. The number of aryl methyl sites for hydroxylation is 3. The van der Waals surface area contributed by atoms with E-state index in [2.05, 4.69) is 24.4 Å². The summed E-state index contributed by atoms with van der Waals surface area (Å²) < 4.78 is 45.7. The number of thiazole rings is 1. The van der Waals surface area contributed by atoms with Gasteiger partial charge in [-0.1, -0.05) is 11.2 Å². The zero-order chi connectivity index (χ0) is 35.0. The molecule has 7 N–H and O–H groups in total. The van der Waals surface area contributed by atoms with Gasteiger partial charge in [-0.2, -0.15) is 18.2 Å². The van der Waals surface area contributed by atoms with Crippen molar-refractivity contribution >= 4 is 50.4 Å². The minimum absolute atomic E-state index is 0.0672. The van der Waals surface area contributed by atoms with Crippen molar-refractivity contribution in [1.29, 1.82) is 0 Å². The first kappa shape index (κ1) is 34.7. The molecule has 2 aromatic heterocycles. The highest BCUT2D eigenvalue weighted by Crippen LogP contribution is 2.34. The zero-order valence-corrected chi connectivity index (χ0v) is 27.7. The number of hydrogen-bond acceptors (Lipinski definition) is 13. The van der Waals surface area contributed by atoms with Crippen LogP contribution in [0.25, 0.3) is 11.1 Å². The summed E-state index contributed by atoms with van der Waals surface area (Å²) in [4.78, 5) is 47.7. The van der Waals surface area contributed by atoms with E-state index in [1.54, 1.807) is 6.07 Å². The first-order chi connectivity index (χ1) is 22.6. The number of nitrogens with one attached hydrogen (secondary N) is 1. The normalized spacial score (nSPS) is 19.6. The van der Waals surface area contributed by atoms with Gasteiger partial charge in [-0.3, -0.25) is 14.1 Å². The Hall–Kier alpha value is -4.63. The quantitative estimate of drug-likeness (QED) is 0.0507. The number of carboxylic acids is 1. The number of hydrogen-bond donors (Lipinski definition) is 5. The van der Waals surface area contributed by atoms with Crippen molar-refractivity contribution in [1.82, 2.24) is 20.0 Å². The van der Waals surface area contributed by atoms with E-state index in [4.69, 9.17) is 25.6 Å². The largest absolute Gasteiger partial charge is 0.485 e. The van der Waals surface area contributed by atoms with Crippen LogP contribution in [-0.4, -0.2) is 86.6 Å². The van der Waals surface area contributed by atoms with Crippen LogP contribution in [0.3, 0.4) is 0 Å². The van der Waals surface area contributed by atoms with Crippen LogP contribution in [0.15, 0.2) is 41.1 Å². The zero-order valence-electron chi connectivity index (χ0n) is 26.1. The second-order valence-electron chi connectivity index (χ2n) is 11.7. The summed E-state index contributed by atoms with van der Waals surface area (Å²) in [6.45, 7) is 4.11. The van der Waals surface area contributed by atoms with E-state index < -0.39 is 57.7 Å². The van der Waals surface area contributed by atoms with Crippen molar-refractivity contribution in [2.24, 2.45) is 17.9 Å². The Morgan fingerprint density at radius 2 is 2.08 bits per heavy atom. The number of nitrogens with zero attached hydrogens (tertiary/aromatic N) is 5. The van der Waals surface area contributed by atoms with Crippen LogP contribution in [0.4, 0.5) is 5.13 Å². The predicted octanol–water partition coefficient (Wildman–Crippen LogP) is -0.225. The fourth-order valence-corrected chi connectivity index (χ4v) is 6.39. The summed E-state index contributed by atoms with van der Waals surface area (Å²) in [5.41, 5.74) is 12.2. The van der Waals surface area contributed by atoms with Gasteiger partial charge in [-0.05, 0) is 62.9 Å². The van der Waals surface area contributed by atoms with Crippen LogP contribution in [0.5, 0.6) is 5.75 Å². The fourth-order valence-electron chi connectivity index (χ4n) is 5.39. The van der Waals surface area contributed by atoms with Crippen molar-refractivity contribution < 1.29 is 51.0 Å². The topological polar surface area (TPSA) is 255 Å². The van der Waals surface area contributed by atoms with Crippen LogP contribution in [-0.2, 0) is 53.9 Å². The molecule has 5 rings (SSSR count). The first-order valence-corrected chi connectivity index (χ1v) is 16.9. The van der Waals surface area contributed by atoms with Crippen LogP contribution in [0.2, 0.25) is 0 Å². The molecule has 3 aromatic rings. The maximum Gasteiger partial charge on any atom is 0.418 e. The molecule has 4 heterocycles. The van der Waals surface area contributed by atoms with E-state index in [0.717, 1.165) is 41.0 Å². The van der Waals surface area contributed by atoms with Crippen LogP contribution < -0.4 is 26.2 Å². The average Bonchev–Trinajstić information content (AvgIpc) is 3.63. The Labute approximate surface area is 278 Å². The molecule has 48 heavy (non-hydrogen) atoms. The summed E-state index contributed by atoms with van der Waals surface area (Å²) in [6, 6.07) is 4.31. The molecule has 18 nitrogen and oxygen atoms in total. The second-order valence-corrected chi connectivity index (χ2v) is 13.6.